The summed E-state index contributed by atoms with van der Waals surface area (Å²) >= 11 is 0. The molecule has 3 rings (SSSR count). The van der Waals surface area contributed by atoms with E-state index < -0.39 is 24.3 Å². The predicted octanol–water partition coefficient (Wildman–Crippen LogP) is 5.68. The number of ketones is 1. The van der Waals surface area contributed by atoms with Crippen LogP contribution in [0, 0.1) is 0 Å². The molecule has 1 unspecified atom stereocenters. The summed E-state index contributed by atoms with van der Waals surface area (Å²) in [4.78, 5) is 16.8. The van der Waals surface area contributed by atoms with E-state index in [-0.39, 0.29) is 11.1 Å². The Morgan fingerprint density at radius 1 is 1.04 bits per heavy atom. The van der Waals surface area contributed by atoms with Crippen molar-refractivity contribution in [2.75, 3.05) is 7.11 Å². The molecule has 1 heterocycles. The zero-order chi connectivity index (χ0) is 20.1. The van der Waals surface area contributed by atoms with E-state index in [9.17, 15) is 18.0 Å². The number of nitrogens with zero attached hydrogens (tertiary/aromatic N) is 1. The van der Waals surface area contributed by atoms with Crippen molar-refractivity contribution in [1.82, 2.24) is 4.98 Å². The summed E-state index contributed by atoms with van der Waals surface area (Å²) in [6.07, 6.45) is -3.75. The Morgan fingerprint density at radius 3 is 2.46 bits per heavy atom. The van der Waals surface area contributed by atoms with Crippen LogP contribution in [0.2, 0.25) is 0 Å². The molecule has 0 aliphatic carbocycles. The van der Waals surface area contributed by atoms with Gasteiger partial charge in [0, 0.05) is 23.7 Å². The molecule has 144 valence electrons. The van der Waals surface area contributed by atoms with Crippen LogP contribution in [-0.2, 0) is 0 Å². The van der Waals surface area contributed by atoms with Crippen molar-refractivity contribution in [3.8, 4) is 17.0 Å². The average molecular weight is 385 g/mol. The Labute approximate surface area is 160 Å². The molecule has 0 amide bonds. The molecule has 3 nitrogen and oxygen atoms in total. The van der Waals surface area contributed by atoms with Gasteiger partial charge in [0.05, 0.1) is 18.7 Å². The molecule has 0 aliphatic heterocycles. The first kappa shape index (κ1) is 19.6. The quantitative estimate of drug-likeness (QED) is 0.513. The number of hydrogen-bond acceptors (Lipinski definition) is 3. The Balaban J connectivity index is 2.00. The van der Waals surface area contributed by atoms with E-state index in [1.807, 2.05) is 0 Å². The summed E-state index contributed by atoms with van der Waals surface area (Å²) in [6, 6.07) is 17.4. The van der Waals surface area contributed by atoms with Crippen LogP contribution in [0.3, 0.4) is 0 Å². The van der Waals surface area contributed by atoms with Gasteiger partial charge in [0.25, 0.3) is 0 Å². The van der Waals surface area contributed by atoms with E-state index in [1.54, 1.807) is 42.5 Å². The van der Waals surface area contributed by atoms with Gasteiger partial charge in [-0.15, -0.1) is 0 Å². The molecule has 28 heavy (non-hydrogen) atoms. The molecule has 2 aromatic carbocycles. The summed E-state index contributed by atoms with van der Waals surface area (Å²) in [5.41, 5.74) is 1.01. The number of ether oxygens (including phenoxy) is 1. The number of pyridine rings is 1. The van der Waals surface area contributed by atoms with Crippen molar-refractivity contribution in [2.24, 2.45) is 0 Å². The lowest BCUT2D eigenvalue weighted by molar-refractivity contribution is -0.149. The topological polar surface area (TPSA) is 39.2 Å². The normalized spacial score (nSPS) is 12.4. The number of hydrogen-bond donors (Lipinski definition) is 0. The molecule has 0 fully saturated rings. The van der Waals surface area contributed by atoms with Crippen LogP contribution < -0.4 is 4.74 Å². The number of carbonyl (C=O) groups is 1. The fourth-order valence-electron chi connectivity index (χ4n) is 3.06. The molecule has 1 atom stereocenters. The molecule has 0 N–H and O–H groups in total. The zero-order valence-electron chi connectivity index (χ0n) is 15.1. The van der Waals surface area contributed by atoms with E-state index in [4.69, 9.17) is 4.74 Å². The van der Waals surface area contributed by atoms with Gasteiger partial charge >= 0.3 is 6.18 Å². The van der Waals surface area contributed by atoms with Gasteiger partial charge < -0.3 is 4.74 Å². The second-order valence-electron chi connectivity index (χ2n) is 6.26. The van der Waals surface area contributed by atoms with Crippen LogP contribution in [-0.4, -0.2) is 24.1 Å². The Kier molecular flexibility index (Phi) is 5.78. The highest BCUT2D eigenvalue weighted by Crippen LogP contribution is 2.42. The molecule has 3 aromatic rings. The predicted molar refractivity (Wildman–Crippen MR) is 100 cm³/mol. The van der Waals surface area contributed by atoms with Crippen LogP contribution in [0.25, 0.3) is 11.3 Å². The summed E-state index contributed by atoms with van der Waals surface area (Å²) < 4.78 is 46.8. The van der Waals surface area contributed by atoms with Crippen molar-refractivity contribution in [3.63, 3.8) is 0 Å². The van der Waals surface area contributed by atoms with Crippen molar-refractivity contribution < 1.29 is 22.7 Å². The molecular formula is C22H18F3NO2. The van der Waals surface area contributed by atoms with Gasteiger partial charge in [-0.2, -0.15) is 13.2 Å². The van der Waals surface area contributed by atoms with E-state index in [1.165, 1.54) is 37.6 Å². The van der Waals surface area contributed by atoms with Crippen LogP contribution in [0.15, 0.2) is 72.9 Å². The van der Waals surface area contributed by atoms with Crippen molar-refractivity contribution in [1.29, 1.82) is 0 Å². The lowest BCUT2D eigenvalue weighted by atomic mass is 9.87. The number of benzene rings is 2. The lowest BCUT2D eigenvalue weighted by Crippen LogP contribution is -2.24. The molecule has 6 heteroatoms. The van der Waals surface area contributed by atoms with Crippen LogP contribution in [0.4, 0.5) is 13.2 Å². The summed E-state index contributed by atoms with van der Waals surface area (Å²) in [7, 11) is 1.44. The second-order valence-corrected chi connectivity index (χ2v) is 6.26. The smallest absolute Gasteiger partial charge is 0.396 e. The van der Waals surface area contributed by atoms with Crippen molar-refractivity contribution >= 4 is 5.78 Å². The lowest BCUT2D eigenvalue weighted by Gasteiger charge is -2.22. The standard InChI is InChI=1S/C22H18F3NO2/c1-28-16-8-6-7-15(13-16)21(27)14-19(22(23,24)25)17-9-2-3-10-18(17)20-11-4-5-12-26-20/h2-13,19H,14H2,1H3. The fourth-order valence-corrected chi connectivity index (χ4v) is 3.06. The van der Waals surface area contributed by atoms with Gasteiger partial charge in [0.1, 0.15) is 5.75 Å². The number of rotatable bonds is 6. The van der Waals surface area contributed by atoms with Gasteiger partial charge in [-0.3, -0.25) is 9.78 Å². The largest absolute Gasteiger partial charge is 0.497 e. The maximum Gasteiger partial charge on any atom is 0.396 e. The minimum absolute atomic E-state index is 0.0324. The molecule has 0 bridgehead atoms. The summed E-state index contributed by atoms with van der Waals surface area (Å²) in [5.74, 6) is -2.12. The molecule has 0 saturated heterocycles. The van der Waals surface area contributed by atoms with Crippen LogP contribution >= 0.6 is 0 Å². The maximum absolute atomic E-state index is 13.9. The van der Waals surface area contributed by atoms with E-state index in [0.717, 1.165) is 0 Å². The molecule has 0 spiro atoms. The number of aromatic nitrogens is 1. The minimum Gasteiger partial charge on any atom is -0.497 e. The van der Waals surface area contributed by atoms with Gasteiger partial charge in [-0.25, -0.2) is 0 Å². The number of carbonyl (C=O) groups excluding carboxylic acids is 1. The summed E-state index contributed by atoms with van der Waals surface area (Å²) in [5, 5.41) is 0. The Bertz CT molecular complexity index is 955. The number of Topliss-reactive ketones (excluding diaryl/α,β-unsaturated/α-hetero) is 1. The van der Waals surface area contributed by atoms with E-state index >= 15 is 0 Å². The third-order valence-electron chi connectivity index (χ3n) is 4.45. The molecule has 0 radical (unpaired) electrons. The number of methoxy groups -OCH3 is 1. The highest BCUT2D eigenvalue weighted by atomic mass is 19.4. The molecule has 0 saturated carbocycles. The van der Waals surface area contributed by atoms with Gasteiger partial charge in [0.2, 0.25) is 0 Å². The van der Waals surface area contributed by atoms with Crippen molar-refractivity contribution in [2.45, 2.75) is 18.5 Å². The first-order valence-electron chi connectivity index (χ1n) is 8.64. The first-order chi connectivity index (χ1) is 13.4. The van der Waals surface area contributed by atoms with Crippen LogP contribution in [0.5, 0.6) is 5.75 Å². The average Bonchev–Trinajstić information content (AvgIpc) is 2.71. The fraction of sp³-hybridized carbons (Fsp3) is 0.182. The molecule has 0 aliphatic rings. The van der Waals surface area contributed by atoms with Gasteiger partial charge in [-0.05, 0) is 29.8 Å². The van der Waals surface area contributed by atoms with Crippen molar-refractivity contribution in [3.05, 3.63) is 84.1 Å². The Morgan fingerprint density at radius 2 is 1.79 bits per heavy atom. The first-order valence-corrected chi connectivity index (χ1v) is 8.64. The number of halogens is 3. The van der Waals surface area contributed by atoms with Gasteiger partial charge in [-0.1, -0.05) is 42.5 Å². The monoisotopic (exact) mass is 385 g/mol. The maximum atomic E-state index is 13.9. The van der Waals surface area contributed by atoms with E-state index in [2.05, 4.69) is 4.98 Å². The van der Waals surface area contributed by atoms with E-state index in [0.29, 0.717) is 17.0 Å². The molecular weight excluding hydrogens is 367 g/mol. The summed E-state index contributed by atoms with van der Waals surface area (Å²) in [6.45, 7) is 0. The second kappa shape index (κ2) is 8.25. The highest BCUT2D eigenvalue weighted by molar-refractivity contribution is 5.97. The third-order valence-corrected chi connectivity index (χ3v) is 4.45. The Hall–Kier alpha value is -3.15. The van der Waals surface area contributed by atoms with Crippen LogP contribution in [0.1, 0.15) is 28.3 Å². The SMILES string of the molecule is COc1cccc(C(=O)CC(c2ccccc2-c2ccccn2)C(F)(F)F)c1. The van der Waals surface area contributed by atoms with Gasteiger partial charge in [0.15, 0.2) is 5.78 Å². The third kappa shape index (κ3) is 4.39. The minimum atomic E-state index is -4.58. The zero-order valence-corrected chi connectivity index (χ0v) is 15.1. The highest BCUT2D eigenvalue weighted by Gasteiger charge is 2.43. The molecule has 1 aromatic heterocycles. The number of alkyl halides is 3.